The van der Waals surface area contributed by atoms with E-state index in [4.69, 9.17) is 11.6 Å². The summed E-state index contributed by atoms with van der Waals surface area (Å²) in [6, 6.07) is 4.64. The number of carbonyl (C=O) groups excluding carboxylic acids is 1. The average Bonchev–Trinajstić information content (AvgIpc) is 2.40. The van der Waals surface area contributed by atoms with Gasteiger partial charge < -0.3 is 10.6 Å². The highest BCUT2D eigenvalue weighted by molar-refractivity contribution is 6.31. The van der Waals surface area contributed by atoms with E-state index in [1.54, 1.807) is 6.07 Å². The zero-order valence-corrected chi connectivity index (χ0v) is 13.8. The van der Waals surface area contributed by atoms with Gasteiger partial charge in [-0.25, -0.2) is 4.39 Å². The predicted molar refractivity (Wildman–Crippen MR) is 85.8 cm³/mol. The van der Waals surface area contributed by atoms with Crippen molar-refractivity contribution >= 4 is 29.9 Å². The Morgan fingerprint density at radius 3 is 2.90 bits per heavy atom. The van der Waals surface area contributed by atoms with Crippen LogP contribution in [-0.2, 0) is 0 Å². The third kappa shape index (κ3) is 4.31. The molecule has 1 unspecified atom stereocenters. The first-order chi connectivity index (χ1) is 9.42. The summed E-state index contributed by atoms with van der Waals surface area (Å²) in [6.07, 6.45) is 2.26. The van der Waals surface area contributed by atoms with Crippen LogP contribution in [0.1, 0.15) is 37.0 Å². The van der Waals surface area contributed by atoms with Crippen molar-refractivity contribution in [3.05, 3.63) is 34.6 Å². The summed E-state index contributed by atoms with van der Waals surface area (Å²) in [5.74, 6) is -1.09. The molecule has 1 aliphatic heterocycles. The van der Waals surface area contributed by atoms with E-state index in [9.17, 15) is 9.18 Å². The minimum atomic E-state index is -0.664. The second-order valence-electron chi connectivity index (χ2n) is 5.91. The minimum Gasteiger partial charge on any atom is -0.350 e. The Labute approximate surface area is 136 Å². The lowest BCUT2D eigenvalue weighted by Crippen LogP contribution is -2.52. The van der Waals surface area contributed by atoms with Crippen molar-refractivity contribution in [3.8, 4) is 0 Å². The zero-order chi connectivity index (χ0) is 14.8. The molecule has 1 saturated heterocycles. The van der Waals surface area contributed by atoms with Gasteiger partial charge in [-0.15, -0.1) is 12.4 Å². The van der Waals surface area contributed by atoms with Gasteiger partial charge in [0.05, 0.1) is 10.6 Å². The number of benzene rings is 1. The number of hydrogen-bond donors (Lipinski definition) is 2. The monoisotopic (exact) mass is 334 g/mol. The lowest BCUT2D eigenvalue weighted by atomic mass is 9.77. The maximum atomic E-state index is 13.8. The van der Waals surface area contributed by atoms with Gasteiger partial charge in [0.2, 0.25) is 0 Å². The molecule has 118 valence electrons. The first kappa shape index (κ1) is 18.2. The normalized spacial score (nSPS) is 20.5. The quantitative estimate of drug-likeness (QED) is 0.889. The number of amides is 1. The molecule has 0 saturated carbocycles. The lowest BCUT2D eigenvalue weighted by Gasteiger charge is -2.39. The lowest BCUT2D eigenvalue weighted by molar-refractivity contribution is 0.0925. The number of piperidine rings is 1. The van der Waals surface area contributed by atoms with Crippen LogP contribution in [0.5, 0.6) is 0 Å². The van der Waals surface area contributed by atoms with Crippen molar-refractivity contribution in [1.29, 1.82) is 0 Å². The molecule has 6 heteroatoms. The van der Waals surface area contributed by atoms with Gasteiger partial charge in [-0.05, 0) is 36.9 Å². The van der Waals surface area contributed by atoms with Crippen LogP contribution in [0.25, 0.3) is 0 Å². The van der Waals surface area contributed by atoms with Crippen molar-refractivity contribution < 1.29 is 9.18 Å². The van der Waals surface area contributed by atoms with E-state index in [2.05, 4.69) is 24.5 Å². The summed E-state index contributed by atoms with van der Waals surface area (Å²) in [7, 11) is 0. The van der Waals surface area contributed by atoms with Gasteiger partial charge >= 0.3 is 0 Å². The van der Waals surface area contributed by atoms with Gasteiger partial charge in [0.25, 0.3) is 5.91 Å². The molecule has 0 aliphatic carbocycles. The van der Waals surface area contributed by atoms with Crippen molar-refractivity contribution in [2.45, 2.75) is 32.7 Å². The van der Waals surface area contributed by atoms with Crippen molar-refractivity contribution in [2.24, 2.45) is 5.41 Å². The molecule has 2 N–H and O–H groups in total. The molecule has 1 heterocycles. The zero-order valence-electron chi connectivity index (χ0n) is 12.2. The summed E-state index contributed by atoms with van der Waals surface area (Å²) in [5, 5.41) is 6.17. The molecule has 1 aliphatic rings. The molecule has 0 radical (unpaired) electrons. The van der Waals surface area contributed by atoms with E-state index >= 15 is 0 Å². The van der Waals surface area contributed by atoms with E-state index in [1.165, 1.54) is 12.1 Å². The minimum absolute atomic E-state index is 0. The fraction of sp³-hybridized carbons (Fsp3) is 0.533. The predicted octanol–water partition coefficient (Wildman–Crippen LogP) is 3.41. The van der Waals surface area contributed by atoms with Crippen LogP contribution in [0, 0.1) is 11.2 Å². The van der Waals surface area contributed by atoms with Crippen molar-refractivity contribution in [1.82, 2.24) is 10.6 Å². The van der Waals surface area contributed by atoms with Gasteiger partial charge in [0, 0.05) is 12.6 Å². The van der Waals surface area contributed by atoms with E-state index < -0.39 is 11.7 Å². The van der Waals surface area contributed by atoms with Crippen LogP contribution in [0.15, 0.2) is 18.2 Å². The summed E-state index contributed by atoms with van der Waals surface area (Å²) >= 11 is 5.68. The molecule has 0 bridgehead atoms. The van der Waals surface area contributed by atoms with Crippen LogP contribution >= 0.6 is 24.0 Å². The van der Waals surface area contributed by atoms with Gasteiger partial charge in [0.15, 0.2) is 5.82 Å². The standard InChI is InChI=1S/C15H20ClFN2O.ClH/c1-15(2)7-4-8-18-12(15)9-19-14(20)10-5-3-6-11(16)13(10)17;/h3,5-6,12,18H,4,7-9H2,1-2H3,(H,19,20);1H. The summed E-state index contributed by atoms with van der Waals surface area (Å²) in [6.45, 7) is 5.79. The summed E-state index contributed by atoms with van der Waals surface area (Å²) in [5.41, 5.74) is 0.115. The van der Waals surface area contributed by atoms with Crippen LogP contribution < -0.4 is 10.6 Å². The third-order valence-corrected chi connectivity index (χ3v) is 4.29. The number of carbonyl (C=O) groups is 1. The van der Waals surface area contributed by atoms with Crippen molar-refractivity contribution in [2.75, 3.05) is 13.1 Å². The number of nitrogens with one attached hydrogen (secondary N) is 2. The highest BCUT2D eigenvalue weighted by Crippen LogP contribution is 2.29. The molecule has 1 atom stereocenters. The Hall–Kier alpha value is -0.840. The largest absolute Gasteiger partial charge is 0.350 e. The fourth-order valence-electron chi connectivity index (χ4n) is 2.59. The first-order valence-corrected chi connectivity index (χ1v) is 7.25. The summed E-state index contributed by atoms with van der Waals surface area (Å²) in [4.78, 5) is 12.0. The number of halogens is 3. The Morgan fingerprint density at radius 2 is 2.24 bits per heavy atom. The van der Waals surface area contributed by atoms with Gasteiger partial charge in [0.1, 0.15) is 0 Å². The molecule has 1 aromatic rings. The molecule has 1 fully saturated rings. The van der Waals surface area contributed by atoms with Crippen LogP contribution in [0.2, 0.25) is 5.02 Å². The molecule has 0 spiro atoms. The van der Waals surface area contributed by atoms with Gasteiger partial charge in [-0.2, -0.15) is 0 Å². The van der Waals surface area contributed by atoms with E-state index in [-0.39, 0.29) is 34.4 Å². The van der Waals surface area contributed by atoms with Crippen molar-refractivity contribution in [3.63, 3.8) is 0 Å². The highest BCUT2D eigenvalue weighted by Gasteiger charge is 2.32. The topological polar surface area (TPSA) is 41.1 Å². The summed E-state index contributed by atoms with van der Waals surface area (Å²) < 4.78 is 13.8. The molecule has 1 aromatic carbocycles. The van der Waals surface area contributed by atoms with Crippen LogP contribution in [0.4, 0.5) is 4.39 Å². The second kappa shape index (κ2) is 7.43. The SMILES string of the molecule is CC1(C)CCCNC1CNC(=O)c1cccc(Cl)c1F.Cl. The van der Waals surface area contributed by atoms with Gasteiger partial charge in [-0.3, -0.25) is 4.79 Å². The van der Waals surface area contributed by atoms with Crippen LogP contribution in [-0.4, -0.2) is 25.0 Å². The highest BCUT2D eigenvalue weighted by atomic mass is 35.5. The van der Waals surface area contributed by atoms with E-state index in [0.717, 1.165) is 19.4 Å². The average molecular weight is 335 g/mol. The maximum Gasteiger partial charge on any atom is 0.254 e. The van der Waals surface area contributed by atoms with E-state index in [1.807, 2.05) is 0 Å². The number of hydrogen-bond acceptors (Lipinski definition) is 2. The third-order valence-electron chi connectivity index (χ3n) is 3.99. The molecule has 21 heavy (non-hydrogen) atoms. The molecule has 3 nitrogen and oxygen atoms in total. The Bertz CT molecular complexity index is 508. The molecule has 2 rings (SSSR count). The second-order valence-corrected chi connectivity index (χ2v) is 6.32. The van der Waals surface area contributed by atoms with E-state index in [0.29, 0.717) is 6.54 Å². The smallest absolute Gasteiger partial charge is 0.254 e. The van der Waals surface area contributed by atoms with Gasteiger partial charge in [-0.1, -0.05) is 31.5 Å². The maximum absolute atomic E-state index is 13.8. The molecular weight excluding hydrogens is 314 g/mol. The molecule has 1 amide bonds. The molecular formula is C15H21Cl2FN2O. The number of rotatable bonds is 3. The Balaban J connectivity index is 0.00000220. The van der Waals surface area contributed by atoms with Crippen LogP contribution in [0.3, 0.4) is 0 Å². The Kier molecular flexibility index (Phi) is 6.44. The molecule has 0 aromatic heterocycles. The Morgan fingerprint density at radius 1 is 1.52 bits per heavy atom. The first-order valence-electron chi connectivity index (χ1n) is 6.87. The fourth-order valence-corrected chi connectivity index (χ4v) is 2.76.